The molecule has 2 aliphatic carbocycles. The Morgan fingerprint density at radius 1 is 1.29 bits per heavy atom. The van der Waals surface area contributed by atoms with Crippen molar-refractivity contribution in [3.63, 3.8) is 0 Å². The highest BCUT2D eigenvalue weighted by Gasteiger charge is 2.34. The summed E-state index contributed by atoms with van der Waals surface area (Å²) in [6, 6.07) is 3.26. The lowest BCUT2D eigenvalue weighted by molar-refractivity contribution is 0.0920. The van der Waals surface area contributed by atoms with Crippen LogP contribution in [0.3, 0.4) is 0 Å². The number of ether oxygens (including phenoxy) is 1. The van der Waals surface area contributed by atoms with Crippen LogP contribution in [0.4, 0.5) is 13.2 Å². The molecule has 2 aliphatic rings. The van der Waals surface area contributed by atoms with E-state index in [4.69, 9.17) is 10.5 Å². The van der Waals surface area contributed by atoms with Crippen molar-refractivity contribution in [1.82, 2.24) is 20.3 Å². The molecule has 3 aromatic rings. The van der Waals surface area contributed by atoms with E-state index in [0.717, 1.165) is 12.8 Å². The monoisotopic (exact) mass is 473 g/mol. The second kappa shape index (κ2) is 8.90. The van der Waals surface area contributed by atoms with Crippen molar-refractivity contribution in [2.75, 3.05) is 6.61 Å². The Hall–Kier alpha value is -3.14. The van der Waals surface area contributed by atoms with Gasteiger partial charge in [0.1, 0.15) is 29.5 Å². The molecule has 5 rings (SSSR count). The molecule has 7 nitrogen and oxygen atoms in total. The van der Waals surface area contributed by atoms with E-state index in [2.05, 4.69) is 20.3 Å². The number of carbonyl (C=O) groups is 1. The lowest BCUT2D eigenvalue weighted by atomic mass is 10.0. The minimum absolute atomic E-state index is 0.159. The molecule has 0 unspecified atom stereocenters. The predicted octanol–water partition coefficient (Wildman–Crippen LogP) is 4.22. The van der Waals surface area contributed by atoms with Crippen molar-refractivity contribution in [3.05, 3.63) is 41.3 Å². The molecule has 1 aromatic carbocycles. The van der Waals surface area contributed by atoms with Crippen LogP contribution in [0, 0.1) is 12.8 Å². The van der Waals surface area contributed by atoms with Crippen LogP contribution in [0.2, 0.25) is 0 Å². The number of aromatic amines is 1. The van der Waals surface area contributed by atoms with Crippen LogP contribution in [0.1, 0.15) is 53.7 Å². The highest BCUT2D eigenvalue weighted by Crippen LogP contribution is 2.38. The Bertz CT molecular complexity index is 1230. The summed E-state index contributed by atoms with van der Waals surface area (Å²) in [7, 11) is 0. The van der Waals surface area contributed by atoms with Crippen molar-refractivity contribution >= 4 is 16.9 Å². The van der Waals surface area contributed by atoms with Crippen molar-refractivity contribution in [2.24, 2.45) is 11.7 Å². The Labute approximate surface area is 194 Å². The number of nitrogens with zero attached hydrogens (tertiary/aromatic N) is 2. The average Bonchev–Trinajstić information content (AvgIpc) is 3.48. The number of hydrogen-bond acceptors (Lipinski definition) is 5. The summed E-state index contributed by atoms with van der Waals surface area (Å²) in [6.07, 6.45) is 0.143. The third kappa shape index (κ3) is 4.34. The van der Waals surface area contributed by atoms with Gasteiger partial charge in [0.15, 0.2) is 0 Å². The van der Waals surface area contributed by atoms with Crippen LogP contribution in [0.5, 0.6) is 5.75 Å². The Balaban J connectivity index is 1.54. The zero-order valence-electron chi connectivity index (χ0n) is 18.7. The standard InChI is InChI=1S/C24H26F3N5O2/c1-11-19(24(33)32-17-8-14(28)7-16(17)25)21-22(31-11)20(29-10-30-21)15-6-13(23(26)27)4-5-18(15)34-9-12-2-3-12/h4-6,10,12,14,16-17,23,31H,2-3,7-9,28H2,1H3,(H,32,33)/t14-,16+,17+/m0/s1. The molecule has 0 radical (unpaired) electrons. The van der Waals surface area contributed by atoms with Gasteiger partial charge in [-0.05, 0) is 56.7 Å². The summed E-state index contributed by atoms with van der Waals surface area (Å²) < 4.78 is 47.1. The zero-order chi connectivity index (χ0) is 24.0. The average molecular weight is 473 g/mol. The fraction of sp³-hybridized carbons (Fsp3) is 0.458. The molecule has 0 aliphatic heterocycles. The number of alkyl halides is 3. The van der Waals surface area contributed by atoms with Crippen molar-refractivity contribution in [1.29, 1.82) is 0 Å². The number of carbonyl (C=O) groups excluding carboxylic acids is 1. The molecule has 0 bridgehead atoms. The molecule has 1 amide bonds. The largest absolute Gasteiger partial charge is 0.493 e. The highest BCUT2D eigenvalue weighted by molar-refractivity contribution is 6.09. The molecule has 180 valence electrons. The van der Waals surface area contributed by atoms with Crippen molar-refractivity contribution < 1.29 is 22.7 Å². The van der Waals surface area contributed by atoms with Crippen LogP contribution < -0.4 is 15.8 Å². The number of fused-ring (bicyclic) bond motifs is 1. The van der Waals surface area contributed by atoms with Gasteiger partial charge in [0.2, 0.25) is 0 Å². The molecule has 3 atom stereocenters. The third-order valence-electron chi connectivity index (χ3n) is 6.52. The summed E-state index contributed by atoms with van der Waals surface area (Å²) in [4.78, 5) is 24.8. The maximum Gasteiger partial charge on any atom is 0.263 e. The molecular formula is C24H26F3N5O2. The quantitative estimate of drug-likeness (QED) is 0.477. The molecule has 2 aromatic heterocycles. The number of aromatic nitrogens is 3. The number of rotatable bonds is 7. The lowest BCUT2D eigenvalue weighted by Gasteiger charge is -2.15. The van der Waals surface area contributed by atoms with Gasteiger partial charge in [0.05, 0.1) is 23.7 Å². The normalized spacial score (nSPS) is 22.5. The van der Waals surface area contributed by atoms with E-state index in [1.807, 2.05) is 0 Å². The summed E-state index contributed by atoms with van der Waals surface area (Å²) in [5, 5.41) is 2.73. The number of halogens is 3. The van der Waals surface area contributed by atoms with Crippen molar-refractivity contribution in [3.8, 4) is 17.0 Å². The van der Waals surface area contributed by atoms with Crippen LogP contribution >= 0.6 is 0 Å². The molecule has 2 saturated carbocycles. The number of benzene rings is 1. The van der Waals surface area contributed by atoms with Crippen LogP contribution in [-0.2, 0) is 0 Å². The van der Waals surface area contributed by atoms with E-state index >= 15 is 0 Å². The van der Waals surface area contributed by atoms with Crippen molar-refractivity contribution in [2.45, 2.75) is 57.3 Å². The molecule has 2 heterocycles. The smallest absolute Gasteiger partial charge is 0.263 e. The predicted molar refractivity (Wildman–Crippen MR) is 121 cm³/mol. The number of aryl methyl sites for hydroxylation is 1. The molecule has 0 saturated heterocycles. The maximum absolute atomic E-state index is 14.2. The van der Waals surface area contributed by atoms with E-state index in [1.54, 1.807) is 6.92 Å². The molecule has 2 fully saturated rings. The maximum atomic E-state index is 14.2. The van der Waals surface area contributed by atoms with Crippen LogP contribution in [0.25, 0.3) is 22.3 Å². The Kier molecular flexibility index (Phi) is 5.93. The second-order valence-electron chi connectivity index (χ2n) is 9.21. The van der Waals surface area contributed by atoms with E-state index < -0.39 is 24.5 Å². The number of nitrogens with two attached hydrogens (primary N) is 1. The highest BCUT2D eigenvalue weighted by atomic mass is 19.3. The summed E-state index contributed by atoms with van der Waals surface area (Å²) >= 11 is 0. The molecule has 4 N–H and O–H groups in total. The molecular weight excluding hydrogens is 447 g/mol. The summed E-state index contributed by atoms with van der Waals surface area (Å²) in [6.45, 7) is 2.20. The number of nitrogens with one attached hydrogen (secondary N) is 2. The topological polar surface area (TPSA) is 106 Å². The van der Waals surface area contributed by atoms with Gasteiger partial charge in [-0.2, -0.15) is 0 Å². The van der Waals surface area contributed by atoms with E-state index in [0.29, 0.717) is 52.7 Å². The summed E-state index contributed by atoms with van der Waals surface area (Å²) in [5.41, 5.74) is 7.94. The third-order valence-corrected chi connectivity index (χ3v) is 6.52. The fourth-order valence-electron chi connectivity index (χ4n) is 4.50. The fourth-order valence-corrected chi connectivity index (χ4v) is 4.50. The van der Waals surface area contributed by atoms with Gasteiger partial charge in [-0.1, -0.05) is 0 Å². The first-order valence-electron chi connectivity index (χ1n) is 11.4. The van der Waals surface area contributed by atoms with E-state index in [9.17, 15) is 18.0 Å². The van der Waals surface area contributed by atoms with Gasteiger partial charge in [-0.3, -0.25) is 4.79 Å². The minimum atomic E-state index is -2.66. The first-order chi connectivity index (χ1) is 16.3. The molecule has 10 heteroatoms. The SMILES string of the molecule is Cc1[nH]c2c(-c3cc(C(F)F)ccc3OCC3CC3)ncnc2c1C(=O)N[C@@H]1C[C@@H](N)C[C@H]1F. The van der Waals surface area contributed by atoms with Gasteiger partial charge < -0.3 is 20.8 Å². The Morgan fingerprint density at radius 3 is 2.76 bits per heavy atom. The van der Waals surface area contributed by atoms with Gasteiger partial charge in [-0.25, -0.2) is 23.1 Å². The van der Waals surface area contributed by atoms with Crippen LogP contribution in [-0.4, -0.2) is 45.7 Å². The zero-order valence-corrected chi connectivity index (χ0v) is 18.7. The number of hydrogen-bond donors (Lipinski definition) is 3. The number of H-pyrrole nitrogens is 1. The van der Waals surface area contributed by atoms with Gasteiger partial charge in [-0.15, -0.1) is 0 Å². The van der Waals surface area contributed by atoms with Gasteiger partial charge >= 0.3 is 0 Å². The number of amides is 1. The first kappa shape index (κ1) is 22.6. The Morgan fingerprint density at radius 2 is 2.09 bits per heavy atom. The van der Waals surface area contributed by atoms with Gasteiger partial charge in [0.25, 0.3) is 12.3 Å². The van der Waals surface area contributed by atoms with Crippen LogP contribution in [0.15, 0.2) is 24.5 Å². The molecule has 0 spiro atoms. The second-order valence-corrected chi connectivity index (χ2v) is 9.21. The lowest BCUT2D eigenvalue weighted by Crippen LogP contribution is -2.38. The summed E-state index contributed by atoms with van der Waals surface area (Å²) in [5.74, 6) is 0.440. The van der Waals surface area contributed by atoms with Gasteiger partial charge in [0, 0.05) is 22.9 Å². The molecule has 34 heavy (non-hydrogen) atoms. The van der Waals surface area contributed by atoms with E-state index in [-0.39, 0.29) is 23.6 Å². The van der Waals surface area contributed by atoms with E-state index in [1.165, 1.54) is 24.5 Å². The minimum Gasteiger partial charge on any atom is -0.493 e. The first-order valence-corrected chi connectivity index (χ1v) is 11.4.